The monoisotopic (exact) mass is 259 g/mol. The third-order valence-corrected chi connectivity index (χ3v) is 4.34. The molecule has 0 aromatic carbocycles. The number of carbonyl (C=O) groups excluding carboxylic acids is 1. The van der Waals surface area contributed by atoms with Crippen LogP contribution < -0.4 is 0 Å². The zero-order valence-electron chi connectivity index (χ0n) is 11.1. The van der Waals surface area contributed by atoms with Crippen molar-refractivity contribution in [1.82, 2.24) is 4.67 Å². The predicted molar refractivity (Wildman–Crippen MR) is 75.4 cm³/mol. The molecule has 2 atom stereocenters. The first-order valence-electron chi connectivity index (χ1n) is 5.62. The molecule has 0 bridgehead atoms. The van der Waals surface area contributed by atoms with Gasteiger partial charge < -0.3 is 0 Å². The summed E-state index contributed by atoms with van der Waals surface area (Å²) in [5.41, 5.74) is 2.66. The number of allylic oxidation sites excluding steroid dienone is 1. The minimum Gasteiger partial charge on any atom is -0.293 e. The van der Waals surface area contributed by atoms with Crippen molar-refractivity contribution in [3.8, 4) is 0 Å². The van der Waals surface area contributed by atoms with Gasteiger partial charge in [0.1, 0.15) is 0 Å². The maximum atomic E-state index is 12.0. The van der Waals surface area contributed by atoms with Gasteiger partial charge in [-0.15, -0.1) is 0 Å². The summed E-state index contributed by atoms with van der Waals surface area (Å²) in [7, 11) is 3.14. The van der Waals surface area contributed by atoms with Gasteiger partial charge in [0.25, 0.3) is 0 Å². The fraction of sp³-hybridized carbons (Fsp3) is 0.750. The lowest BCUT2D eigenvalue weighted by atomic mass is 9.79. The molecular formula is C12H23NOP2. The average Bonchev–Trinajstić information content (AvgIpc) is 2.40. The minimum atomic E-state index is 0.0400. The highest BCUT2D eigenvalue weighted by atomic mass is 32.0. The average molecular weight is 259 g/mol. The quantitative estimate of drug-likeness (QED) is 0.653. The van der Waals surface area contributed by atoms with Crippen LogP contribution in [0.4, 0.5) is 0 Å². The van der Waals surface area contributed by atoms with Gasteiger partial charge in [-0.2, -0.15) is 0 Å². The Hall–Kier alpha value is 0.0700. The first-order valence-corrected chi connectivity index (χ1v) is 8.38. The molecule has 0 aromatic heterocycles. The molecule has 4 heteroatoms. The van der Waals surface area contributed by atoms with E-state index in [1.807, 2.05) is 4.67 Å². The lowest BCUT2D eigenvalue weighted by Gasteiger charge is -2.32. The fourth-order valence-electron chi connectivity index (χ4n) is 2.12. The number of hydrogen-bond acceptors (Lipinski definition) is 1. The second kappa shape index (κ2) is 4.39. The summed E-state index contributed by atoms with van der Waals surface area (Å²) in [6, 6.07) is 0. The summed E-state index contributed by atoms with van der Waals surface area (Å²) in [6.45, 7) is 13.1. The predicted octanol–water partition coefficient (Wildman–Crippen LogP) is 3.95. The number of nitrogens with zero attached hydrogens (tertiary/aromatic N) is 1. The number of amides is 1. The zero-order valence-corrected chi connectivity index (χ0v) is 13.3. The highest BCUT2D eigenvalue weighted by molar-refractivity contribution is 8.01. The summed E-state index contributed by atoms with van der Waals surface area (Å²) in [5.74, 6) is 0.253. The molecule has 0 N–H and O–H groups in total. The molecule has 1 amide bonds. The van der Waals surface area contributed by atoms with Gasteiger partial charge in [0.2, 0.25) is 5.91 Å². The topological polar surface area (TPSA) is 20.3 Å². The van der Waals surface area contributed by atoms with Gasteiger partial charge in [0, 0.05) is 19.5 Å². The van der Waals surface area contributed by atoms with E-state index in [0.717, 1.165) is 0 Å². The van der Waals surface area contributed by atoms with Crippen molar-refractivity contribution in [2.75, 3.05) is 0 Å². The minimum absolute atomic E-state index is 0.0400. The molecule has 0 fully saturated rings. The standard InChI is InChI=1S/C12H23NOP2/c1-11(2,3)8-7-9(14)13(16-15)10(8)12(4,5)6/h16H,7,15H2,1-6H3. The van der Waals surface area contributed by atoms with Crippen molar-refractivity contribution < 1.29 is 4.79 Å². The number of rotatable bonds is 1. The summed E-state index contributed by atoms with van der Waals surface area (Å²) < 4.78 is 1.95. The Morgan fingerprint density at radius 3 is 1.94 bits per heavy atom. The molecular weight excluding hydrogens is 236 g/mol. The van der Waals surface area contributed by atoms with Gasteiger partial charge >= 0.3 is 0 Å². The van der Waals surface area contributed by atoms with E-state index in [1.165, 1.54) is 11.3 Å². The zero-order chi connectivity index (χ0) is 12.7. The van der Waals surface area contributed by atoms with Crippen LogP contribution in [0.3, 0.4) is 0 Å². The van der Waals surface area contributed by atoms with Gasteiger partial charge in [-0.25, -0.2) is 0 Å². The lowest BCUT2D eigenvalue weighted by molar-refractivity contribution is -0.123. The van der Waals surface area contributed by atoms with E-state index in [-0.39, 0.29) is 16.7 Å². The van der Waals surface area contributed by atoms with Gasteiger partial charge in [0.05, 0.1) is 6.42 Å². The Bertz CT molecular complexity index is 334. The Kier molecular flexibility index (Phi) is 3.88. The molecule has 1 heterocycles. The van der Waals surface area contributed by atoms with Crippen LogP contribution in [0.25, 0.3) is 0 Å². The summed E-state index contributed by atoms with van der Waals surface area (Å²) >= 11 is 0. The van der Waals surface area contributed by atoms with Crippen LogP contribution in [0.5, 0.6) is 0 Å². The Balaban J connectivity index is 3.31. The molecule has 0 aromatic rings. The van der Waals surface area contributed by atoms with Crippen LogP contribution in [0.2, 0.25) is 0 Å². The number of hydrogen-bond donors (Lipinski definition) is 0. The van der Waals surface area contributed by atoms with Gasteiger partial charge in [-0.05, 0) is 11.0 Å². The second-order valence-corrected chi connectivity index (χ2v) is 7.84. The third-order valence-electron chi connectivity index (χ3n) is 2.83. The highest BCUT2D eigenvalue weighted by Crippen LogP contribution is 2.50. The SMILES string of the molecule is CC(C)(C)C1=C(C(C)(C)C)N(PP)C(=O)C1. The van der Waals surface area contributed by atoms with Gasteiger partial charge in [0.15, 0.2) is 0 Å². The number of carbonyl (C=O) groups is 1. The van der Waals surface area contributed by atoms with E-state index in [9.17, 15) is 4.79 Å². The molecule has 0 radical (unpaired) electrons. The largest absolute Gasteiger partial charge is 0.293 e. The molecule has 0 aliphatic carbocycles. The van der Waals surface area contributed by atoms with Crippen LogP contribution >= 0.6 is 17.3 Å². The molecule has 2 nitrogen and oxygen atoms in total. The molecule has 0 saturated carbocycles. The van der Waals surface area contributed by atoms with Crippen LogP contribution in [0, 0.1) is 10.8 Å². The maximum absolute atomic E-state index is 12.0. The fourth-order valence-corrected chi connectivity index (χ4v) is 3.76. The van der Waals surface area contributed by atoms with Crippen LogP contribution in [-0.2, 0) is 4.79 Å². The van der Waals surface area contributed by atoms with Crippen LogP contribution in [0.15, 0.2) is 11.3 Å². The van der Waals surface area contributed by atoms with Crippen molar-refractivity contribution in [3.63, 3.8) is 0 Å². The third kappa shape index (κ3) is 2.66. The molecule has 2 unspecified atom stereocenters. The molecule has 92 valence electrons. The Morgan fingerprint density at radius 2 is 1.62 bits per heavy atom. The summed E-state index contributed by atoms with van der Waals surface area (Å²) in [5, 5.41) is 0. The molecule has 1 aliphatic rings. The van der Waals surface area contributed by atoms with Crippen molar-refractivity contribution in [2.24, 2.45) is 10.8 Å². The van der Waals surface area contributed by atoms with Gasteiger partial charge in [-0.3, -0.25) is 9.46 Å². The molecule has 1 rings (SSSR count). The smallest absolute Gasteiger partial charge is 0.234 e. The molecule has 0 spiro atoms. The Morgan fingerprint density at radius 1 is 1.12 bits per heavy atom. The van der Waals surface area contributed by atoms with Gasteiger partial charge in [-0.1, -0.05) is 50.5 Å². The van der Waals surface area contributed by atoms with E-state index >= 15 is 0 Å². The normalized spacial score (nSPS) is 19.4. The second-order valence-electron chi connectivity index (χ2n) is 6.36. The van der Waals surface area contributed by atoms with Crippen molar-refractivity contribution in [3.05, 3.63) is 11.3 Å². The van der Waals surface area contributed by atoms with Crippen molar-refractivity contribution in [1.29, 1.82) is 0 Å². The first kappa shape index (κ1) is 14.1. The highest BCUT2D eigenvalue weighted by Gasteiger charge is 2.39. The Labute approximate surface area is 103 Å². The van der Waals surface area contributed by atoms with E-state index in [2.05, 4.69) is 50.5 Å². The first-order chi connectivity index (χ1) is 7.09. The van der Waals surface area contributed by atoms with E-state index in [0.29, 0.717) is 14.8 Å². The summed E-state index contributed by atoms with van der Waals surface area (Å²) in [6.07, 6.45) is 0.595. The lowest BCUT2D eigenvalue weighted by Crippen LogP contribution is -2.24. The summed E-state index contributed by atoms with van der Waals surface area (Å²) in [4.78, 5) is 12.0. The molecule has 16 heavy (non-hydrogen) atoms. The van der Waals surface area contributed by atoms with E-state index in [1.54, 1.807) is 0 Å². The van der Waals surface area contributed by atoms with Crippen LogP contribution in [0.1, 0.15) is 48.0 Å². The van der Waals surface area contributed by atoms with E-state index in [4.69, 9.17) is 0 Å². The van der Waals surface area contributed by atoms with Crippen molar-refractivity contribution in [2.45, 2.75) is 48.0 Å². The van der Waals surface area contributed by atoms with Crippen LogP contribution in [-0.4, -0.2) is 10.6 Å². The van der Waals surface area contributed by atoms with E-state index < -0.39 is 0 Å². The molecule has 0 saturated heterocycles. The molecule has 1 aliphatic heterocycles. The maximum Gasteiger partial charge on any atom is 0.234 e. The van der Waals surface area contributed by atoms with Crippen molar-refractivity contribution >= 4 is 23.3 Å².